The van der Waals surface area contributed by atoms with Crippen LogP contribution >= 0.6 is 11.8 Å². The van der Waals surface area contributed by atoms with Gasteiger partial charge in [0.1, 0.15) is 0 Å². The normalized spacial score (nSPS) is 30.7. The summed E-state index contributed by atoms with van der Waals surface area (Å²) >= 11 is 2.06. The second kappa shape index (κ2) is 6.31. The molecule has 0 bridgehead atoms. The van der Waals surface area contributed by atoms with E-state index in [2.05, 4.69) is 56.2 Å². The van der Waals surface area contributed by atoms with E-state index < -0.39 is 0 Å². The molecule has 2 fully saturated rings. The third-order valence-electron chi connectivity index (χ3n) is 5.36. The van der Waals surface area contributed by atoms with Crippen LogP contribution in [0.2, 0.25) is 0 Å². The van der Waals surface area contributed by atoms with Gasteiger partial charge in [-0.15, -0.1) is 0 Å². The molecule has 3 rings (SSSR count). The first-order valence-electron chi connectivity index (χ1n) is 8.10. The molecule has 1 N–H and O–H groups in total. The summed E-state index contributed by atoms with van der Waals surface area (Å²) in [5.74, 6) is 3.13. The summed E-state index contributed by atoms with van der Waals surface area (Å²) in [5, 5.41) is 3.60. The predicted molar refractivity (Wildman–Crippen MR) is 91.1 cm³/mol. The topological polar surface area (TPSA) is 21.3 Å². The van der Waals surface area contributed by atoms with E-state index >= 15 is 0 Å². The SMILES string of the molecule is CNC(c1cccc(C)c1C)C1CCOC2(CCSC2)C1. The highest BCUT2D eigenvalue weighted by Crippen LogP contribution is 2.44. The lowest BCUT2D eigenvalue weighted by Crippen LogP contribution is -2.43. The van der Waals surface area contributed by atoms with Gasteiger partial charge in [-0.25, -0.2) is 0 Å². The number of hydrogen-bond donors (Lipinski definition) is 1. The summed E-state index contributed by atoms with van der Waals surface area (Å²) in [5.41, 5.74) is 4.48. The van der Waals surface area contributed by atoms with Crippen LogP contribution in [0, 0.1) is 19.8 Å². The molecule has 1 spiro atoms. The van der Waals surface area contributed by atoms with Crippen molar-refractivity contribution in [2.75, 3.05) is 25.2 Å². The van der Waals surface area contributed by atoms with E-state index in [0.717, 1.165) is 6.61 Å². The molecule has 1 aromatic carbocycles. The van der Waals surface area contributed by atoms with Gasteiger partial charge in [-0.05, 0) is 68.5 Å². The van der Waals surface area contributed by atoms with E-state index in [4.69, 9.17) is 4.74 Å². The van der Waals surface area contributed by atoms with Crippen LogP contribution in [-0.2, 0) is 4.74 Å². The van der Waals surface area contributed by atoms with E-state index in [1.165, 1.54) is 47.5 Å². The third kappa shape index (κ3) is 3.01. The smallest absolute Gasteiger partial charge is 0.0783 e. The number of aryl methyl sites for hydroxylation is 1. The summed E-state index contributed by atoms with van der Waals surface area (Å²) in [6.45, 7) is 5.40. The molecule has 0 aliphatic carbocycles. The number of rotatable bonds is 3. The zero-order valence-electron chi connectivity index (χ0n) is 13.4. The number of benzene rings is 1. The molecule has 21 heavy (non-hydrogen) atoms. The maximum atomic E-state index is 6.19. The van der Waals surface area contributed by atoms with Crippen molar-refractivity contribution in [1.82, 2.24) is 5.32 Å². The Kier molecular flexibility index (Phi) is 4.63. The van der Waals surface area contributed by atoms with Crippen molar-refractivity contribution >= 4 is 11.8 Å². The van der Waals surface area contributed by atoms with Gasteiger partial charge >= 0.3 is 0 Å². The van der Waals surface area contributed by atoms with Crippen LogP contribution in [0.15, 0.2) is 18.2 Å². The Labute approximate surface area is 133 Å². The lowest BCUT2D eigenvalue weighted by Gasteiger charge is -2.41. The van der Waals surface area contributed by atoms with E-state index in [1.807, 2.05) is 0 Å². The molecule has 2 aliphatic rings. The Bertz CT molecular complexity index is 496. The van der Waals surface area contributed by atoms with Gasteiger partial charge in [0.05, 0.1) is 5.60 Å². The van der Waals surface area contributed by atoms with Gasteiger partial charge in [-0.1, -0.05) is 18.2 Å². The molecule has 3 heteroatoms. The van der Waals surface area contributed by atoms with Crippen molar-refractivity contribution in [2.45, 2.75) is 44.8 Å². The van der Waals surface area contributed by atoms with Crippen LogP contribution in [0.5, 0.6) is 0 Å². The molecule has 1 aromatic rings. The molecule has 2 heterocycles. The predicted octanol–water partition coefficient (Wildman–Crippen LogP) is 3.87. The van der Waals surface area contributed by atoms with Crippen LogP contribution in [0.1, 0.15) is 42.0 Å². The molecule has 0 radical (unpaired) electrons. The zero-order chi connectivity index (χ0) is 14.9. The third-order valence-corrected chi connectivity index (χ3v) is 6.59. The lowest BCUT2D eigenvalue weighted by molar-refractivity contribution is -0.0850. The maximum absolute atomic E-state index is 6.19. The standard InChI is InChI=1S/C18H27NOS/c1-13-5-4-6-16(14(13)2)17(19-3)15-7-9-20-18(11-15)8-10-21-12-18/h4-6,15,17,19H,7-12H2,1-3H3. The minimum Gasteiger partial charge on any atom is -0.374 e. The molecule has 2 saturated heterocycles. The van der Waals surface area contributed by atoms with E-state index in [9.17, 15) is 0 Å². The number of nitrogens with one attached hydrogen (secondary N) is 1. The minimum absolute atomic E-state index is 0.167. The molecule has 2 aliphatic heterocycles. The average molecular weight is 305 g/mol. The van der Waals surface area contributed by atoms with Crippen molar-refractivity contribution in [1.29, 1.82) is 0 Å². The Hall–Kier alpha value is -0.510. The van der Waals surface area contributed by atoms with Gasteiger partial charge in [-0.3, -0.25) is 0 Å². The first kappa shape index (κ1) is 15.4. The maximum Gasteiger partial charge on any atom is 0.0783 e. The molecule has 2 nitrogen and oxygen atoms in total. The fraction of sp³-hybridized carbons (Fsp3) is 0.667. The number of thioether (sulfide) groups is 1. The van der Waals surface area contributed by atoms with Gasteiger partial charge in [-0.2, -0.15) is 11.8 Å². The quantitative estimate of drug-likeness (QED) is 0.916. The Morgan fingerprint density at radius 2 is 2.24 bits per heavy atom. The van der Waals surface area contributed by atoms with Crippen LogP contribution in [0.4, 0.5) is 0 Å². The van der Waals surface area contributed by atoms with Crippen molar-refractivity contribution < 1.29 is 4.74 Å². The first-order valence-corrected chi connectivity index (χ1v) is 9.26. The molecule has 116 valence electrons. The molecular formula is C18H27NOS. The Morgan fingerprint density at radius 3 is 2.95 bits per heavy atom. The summed E-state index contributed by atoms with van der Waals surface area (Å²) < 4.78 is 6.19. The zero-order valence-corrected chi connectivity index (χ0v) is 14.3. The van der Waals surface area contributed by atoms with Gasteiger partial charge in [0.2, 0.25) is 0 Å². The fourth-order valence-corrected chi connectivity index (χ4v) is 5.35. The highest BCUT2D eigenvalue weighted by molar-refractivity contribution is 7.99. The highest BCUT2D eigenvalue weighted by Gasteiger charge is 2.42. The van der Waals surface area contributed by atoms with Crippen molar-refractivity contribution in [2.24, 2.45) is 5.92 Å². The van der Waals surface area contributed by atoms with Crippen LogP contribution < -0.4 is 5.32 Å². The Morgan fingerprint density at radius 1 is 1.38 bits per heavy atom. The van der Waals surface area contributed by atoms with Crippen molar-refractivity contribution in [3.05, 3.63) is 34.9 Å². The minimum atomic E-state index is 0.167. The van der Waals surface area contributed by atoms with Gasteiger partial charge in [0.15, 0.2) is 0 Å². The van der Waals surface area contributed by atoms with Gasteiger partial charge in [0, 0.05) is 18.4 Å². The average Bonchev–Trinajstić information content (AvgIpc) is 2.92. The summed E-state index contributed by atoms with van der Waals surface area (Å²) in [6.07, 6.45) is 3.61. The van der Waals surface area contributed by atoms with E-state index in [-0.39, 0.29) is 5.60 Å². The second-order valence-electron chi connectivity index (χ2n) is 6.64. The van der Waals surface area contributed by atoms with Gasteiger partial charge < -0.3 is 10.1 Å². The Balaban J connectivity index is 1.84. The molecule has 0 amide bonds. The first-order chi connectivity index (χ1) is 10.2. The van der Waals surface area contributed by atoms with E-state index in [1.54, 1.807) is 0 Å². The lowest BCUT2D eigenvalue weighted by atomic mass is 9.78. The number of ether oxygens (including phenoxy) is 1. The summed E-state index contributed by atoms with van der Waals surface area (Å²) in [4.78, 5) is 0. The second-order valence-corrected chi connectivity index (χ2v) is 7.75. The van der Waals surface area contributed by atoms with E-state index in [0.29, 0.717) is 12.0 Å². The molecular weight excluding hydrogens is 278 g/mol. The molecule has 3 atom stereocenters. The highest BCUT2D eigenvalue weighted by atomic mass is 32.2. The summed E-state index contributed by atoms with van der Waals surface area (Å²) in [7, 11) is 2.11. The van der Waals surface area contributed by atoms with Gasteiger partial charge in [0.25, 0.3) is 0 Å². The van der Waals surface area contributed by atoms with Crippen molar-refractivity contribution in [3.63, 3.8) is 0 Å². The van der Waals surface area contributed by atoms with Crippen LogP contribution in [-0.4, -0.2) is 30.8 Å². The number of hydrogen-bond acceptors (Lipinski definition) is 3. The van der Waals surface area contributed by atoms with Crippen LogP contribution in [0.25, 0.3) is 0 Å². The largest absolute Gasteiger partial charge is 0.374 e. The summed E-state index contributed by atoms with van der Waals surface area (Å²) in [6, 6.07) is 7.17. The molecule has 0 saturated carbocycles. The molecule has 0 aromatic heterocycles. The van der Waals surface area contributed by atoms with Crippen molar-refractivity contribution in [3.8, 4) is 0 Å². The molecule has 3 unspecified atom stereocenters. The van der Waals surface area contributed by atoms with Crippen LogP contribution in [0.3, 0.4) is 0 Å². The fourth-order valence-electron chi connectivity index (χ4n) is 3.97. The monoisotopic (exact) mass is 305 g/mol.